The molecule has 2 saturated heterocycles. The van der Waals surface area contributed by atoms with Crippen molar-refractivity contribution in [1.29, 1.82) is 0 Å². The van der Waals surface area contributed by atoms with Crippen molar-refractivity contribution >= 4 is 35.7 Å². The topological polar surface area (TPSA) is 134 Å². The van der Waals surface area contributed by atoms with E-state index in [9.17, 15) is 28.8 Å². The molecule has 1 aromatic carbocycles. The minimum absolute atomic E-state index is 0.0709. The van der Waals surface area contributed by atoms with Crippen LogP contribution in [0.15, 0.2) is 12.1 Å². The molecular weight excluding hydrogens is 460 g/mol. The summed E-state index contributed by atoms with van der Waals surface area (Å²) in [6.45, 7) is 0. The van der Waals surface area contributed by atoms with Crippen molar-refractivity contribution < 1.29 is 38.2 Å². The van der Waals surface area contributed by atoms with E-state index in [4.69, 9.17) is 9.47 Å². The Bertz CT molecular complexity index is 1150. The van der Waals surface area contributed by atoms with Crippen molar-refractivity contribution in [3.8, 4) is 11.5 Å². The maximum absolute atomic E-state index is 13.5. The first-order chi connectivity index (χ1) is 16.4. The van der Waals surface area contributed by atoms with Gasteiger partial charge in [0.25, 0.3) is 0 Å². The number of carbonyl (C=O) groups is 6. The van der Waals surface area contributed by atoms with E-state index in [1.807, 2.05) is 0 Å². The third kappa shape index (κ3) is 3.19. The number of ether oxygens (including phenoxy) is 2. The van der Waals surface area contributed by atoms with Crippen molar-refractivity contribution in [1.82, 2.24) is 19.6 Å². The van der Waals surface area contributed by atoms with E-state index in [2.05, 4.69) is 0 Å². The van der Waals surface area contributed by atoms with Gasteiger partial charge in [0.05, 0.1) is 14.2 Å². The molecule has 0 saturated carbocycles. The zero-order valence-corrected chi connectivity index (χ0v) is 20.3. The Morgan fingerprint density at radius 1 is 0.743 bits per heavy atom. The van der Waals surface area contributed by atoms with Gasteiger partial charge in [-0.2, -0.15) is 0 Å². The second-order valence-electron chi connectivity index (χ2n) is 9.04. The number of rotatable bonds is 3. The minimum atomic E-state index is -1.73. The number of fused-ring (bicyclic) bond motifs is 1. The molecule has 12 heteroatoms. The largest absolute Gasteiger partial charge is 0.493 e. The highest BCUT2D eigenvalue weighted by atomic mass is 16.5. The molecule has 12 nitrogen and oxygen atoms in total. The number of barbiturate groups is 2. The number of carbonyl (C=O) groups excluding carboxylic acids is 6. The van der Waals surface area contributed by atoms with Crippen molar-refractivity contribution in [2.75, 3.05) is 42.4 Å². The van der Waals surface area contributed by atoms with Crippen LogP contribution in [0.2, 0.25) is 0 Å². The van der Waals surface area contributed by atoms with Crippen LogP contribution in [0.1, 0.15) is 23.5 Å². The first-order valence-electron chi connectivity index (χ1n) is 10.9. The molecule has 2 fully saturated rings. The molecule has 1 unspecified atom stereocenters. The van der Waals surface area contributed by atoms with E-state index in [1.165, 1.54) is 42.4 Å². The van der Waals surface area contributed by atoms with E-state index in [0.717, 1.165) is 19.6 Å². The molecule has 1 aromatic rings. The number of hydrogen-bond acceptors (Lipinski definition) is 8. The first kappa shape index (κ1) is 24.2. The fraction of sp³-hybridized carbons (Fsp3) is 0.478. The van der Waals surface area contributed by atoms with Crippen LogP contribution in [-0.4, -0.2) is 97.7 Å². The number of imide groups is 4. The van der Waals surface area contributed by atoms with Crippen LogP contribution >= 0.6 is 0 Å². The van der Waals surface area contributed by atoms with Crippen LogP contribution in [0.5, 0.6) is 11.5 Å². The first-order valence-corrected chi connectivity index (χ1v) is 10.9. The number of hydrogen-bond donors (Lipinski definition) is 0. The molecule has 0 aromatic heterocycles. The van der Waals surface area contributed by atoms with Gasteiger partial charge in [-0.1, -0.05) is 0 Å². The minimum Gasteiger partial charge on any atom is -0.493 e. The Morgan fingerprint density at radius 3 is 1.69 bits per heavy atom. The standard InChI is InChI=1S/C23H26N4O8/c1-24-17(28)16(18(29)25(2)21(24)32)13-10-23(19(30)26(3)22(33)27(4)20(23)31)9-11-7-14(34-5)15(35-6)8-12(11)13/h7-8,13,16H,9-10H2,1-6H3. The lowest BCUT2D eigenvalue weighted by atomic mass is 9.61. The van der Waals surface area contributed by atoms with Gasteiger partial charge in [0.2, 0.25) is 23.6 Å². The number of urea groups is 2. The van der Waals surface area contributed by atoms with Gasteiger partial charge in [-0.25, -0.2) is 9.59 Å². The Morgan fingerprint density at radius 2 is 1.20 bits per heavy atom. The second-order valence-corrected chi connectivity index (χ2v) is 9.04. The van der Waals surface area contributed by atoms with Gasteiger partial charge >= 0.3 is 12.1 Å². The van der Waals surface area contributed by atoms with Gasteiger partial charge in [0, 0.05) is 34.1 Å². The summed E-state index contributed by atoms with van der Waals surface area (Å²) in [5.74, 6) is -4.57. The zero-order chi connectivity index (χ0) is 26.0. The molecule has 1 atom stereocenters. The number of amides is 8. The summed E-state index contributed by atoms with van der Waals surface area (Å²) < 4.78 is 10.8. The Kier molecular flexibility index (Phi) is 5.57. The van der Waals surface area contributed by atoms with Crippen molar-refractivity contribution in [2.24, 2.45) is 11.3 Å². The zero-order valence-electron chi connectivity index (χ0n) is 20.3. The molecule has 4 rings (SSSR count). The van der Waals surface area contributed by atoms with Crippen LogP contribution in [0.4, 0.5) is 9.59 Å². The maximum Gasteiger partial charge on any atom is 0.332 e. The van der Waals surface area contributed by atoms with E-state index in [0.29, 0.717) is 22.6 Å². The smallest absolute Gasteiger partial charge is 0.332 e. The number of methoxy groups -OCH3 is 2. The fourth-order valence-corrected chi connectivity index (χ4v) is 5.35. The van der Waals surface area contributed by atoms with Crippen LogP contribution in [0.25, 0.3) is 0 Å². The Labute approximate surface area is 201 Å². The highest BCUT2D eigenvalue weighted by Gasteiger charge is 2.61. The second kappa shape index (κ2) is 8.07. The predicted molar refractivity (Wildman–Crippen MR) is 118 cm³/mol. The van der Waals surface area contributed by atoms with E-state index < -0.39 is 52.9 Å². The summed E-state index contributed by atoms with van der Waals surface area (Å²) in [5.41, 5.74) is -0.702. The molecule has 1 aliphatic carbocycles. The predicted octanol–water partition coefficient (Wildman–Crippen LogP) is 0.437. The van der Waals surface area contributed by atoms with Crippen LogP contribution in [-0.2, 0) is 25.6 Å². The van der Waals surface area contributed by atoms with Gasteiger partial charge in [0.15, 0.2) is 11.5 Å². The van der Waals surface area contributed by atoms with Gasteiger partial charge in [-0.05, 0) is 36.1 Å². The highest BCUT2D eigenvalue weighted by Crippen LogP contribution is 2.52. The summed E-state index contributed by atoms with van der Waals surface area (Å²) in [5, 5.41) is 0. The molecule has 3 aliphatic rings. The van der Waals surface area contributed by atoms with E-state index in [1.54, 1.807) is 12.1 Å². The Hall–Kier alpha value is -3.96. The maximum atomic E-state index is 13.5. The van der Waals surface area contributed by atoms with Gasteiger partial charge in [-0.15, -0.1) is 0 Å². The average Bonchev–Trinajstić information content (AvgIpc) is 2.86. The summed E-state index contributed by atoms with van der Waals surface area (Å²) in [6, 6.07) is 1.69. The third-order valence-corrected chi connectivity index (χ3v) is 7.28. The summed E-state index contributed by atoms with van der Waals surface area (Å²) >= 11 is 0. The van der Waals surface area contributed by atoms with Gasteiger partial charge < -0.3 is 9.47 Å². The molecule has 186 valence electrons. The molecule has 2 heterocycles. The SMILES string of the molecule is COc1cc2c(cc1OC)C(C1C(=O)N(C)C(=O)N(C)C1=O)CC1(C2)C(=O)N(C)C(=O)N(C)C1=O. The van der Waals surface area contributed by atoms with Crippen LogP contribution < -0.4 is 9.47 Å². The van der Waals surface area contributed by atoms with Gasteiger partial charge in [0.1, 0.15) is 11.3 Å². The Balaban J connectivity index is 1.96. The van der Waals surface area contributed by atoms with Crippen molar-refractivity contribution in [2.45, 2.75) is 18.8 Å². The van der Waals surface area contributed by atoms with Gasteiger partial charge in [-0.3, -0.25) is 38.8 Å². The van der Waals surface area contributed by atoms with Crippen molar-refractivity contribution in [3.05, 3.63) is 23.3 Å². The molecule has 2 aliphatic heterocycles. The van der Waals surface area contributed by atoms with Crippen LogP contribution in [0, 0.1) is 11.3 Å². The highest BCUT2D eigenvalue weighted by molar-refractivity contribution is 6.20. The summed E-state index contributed by atoms with van der Waals surface area (Å²) in [4.78, 5) is 81.7. The van der Waals surface area contributed by atoms with Crippen LogP contribution in [0.3, 0.4) is 0 Å². The molecular formula is C23H26N4O8. The molecule has 35 heavy (non-hydrogen) atoms. The monoisotopic (exact) mass is 486 g/mol. The quantitative estimate of drug-likeness (QED) is 0.562. The molecule has 0 radical (unpaired) electrons. The summed E-state index contributed by atoms with van der Waals surface area (Å²) in [7, 11) is 7.97. The summed E-state index contributed by atoms with van der Waals surface area (Å²) in [6.07, 6.45) is -0.286. The molecule has 0 bridgehead atoms. The third-order valence-electron chi connectivity index (χ3n) is 7.28. The molecule has 8 amide bonds. The number of benzene rings is 1. The molecule has 0 N–H and O–H groups in total. The molecule has 1 spiro atoms. The lowest BCUT2D eigenvalue weighted by Crippen LogP contribution is -2.66. The van der Waals surface area contributed by atoms with E-state index >= 15 is 0 Å². The van der Waals surface area contributed by atoms with E-state index in [-0.39, 0.29) is 12.8 Å². The lowest BCUT2D eigenvalue weighted by Gasteiger charge is -2.48. The fourth-order valence-electron chi connectivity index (χ4n) is 5.35. The van der Waals surface area contributed by atoms with Crippen molar-refractivity contribution in [3.63, 3.8) is 0 Å². The normalized spacial score (nSPS) is 22.9. The lowest BCUT2D eigenvalue weighted by molar-refractivity contribution is -0.161. The number of nitrogens with zero attached hydrogens (tertiary/aromatic N) is 4. The average molecular weight is 486 g/mol.